The number of carbonyl (C=O) groups is 1. The summed E-state index contributed by atoms with van der Waals surface area (Å²) in [6.45, 7) is -0.717. The molecule has 0 bridgehead atoms. The Morgan fingerprint density at radius 2 is 2.04 bits per heavy atom. The van der Waals surface area contributed by atoms with E-state index in [1.165, 1.54) is 7.05 Å². The highest BCUT2D eigenvalue weighted by molar-refractivity contribution is 7.92. The second-order valence-corrected chi connectivity index (χ2v) is 7.86. The van der Waals surface area contributed by atoms with Crippen LogP contribution in [0.1, 0.15) is 18.2 Å². The summed E-state index contributed by atoms with van der Waals surface area (Å²) in [5, 5.41) is 13.9. The molecule has 2 aliphatic rings. The van der Waals surface area contributed by atoms with Crippen molar-refractivity contribution in [3.63, 3.8) is 0 Å². The SMILES string of the molecule is Cn1nc(-c2ccc(O)c(N3CC(=O)NS3(=O)=O)c2F)nc1C1CC1(F)F. The number of alkyl halides is 2. The predicted molar refractivity (Wildman–Crippen MR) is 84.8 cm³/mol. The van der Waals surface area contributed by atoms with Crippen molar-refractivity contribution in [3.8, 4) is 17.1 Å². The second-order valence-electron chi connectivity index (χ2n) is 6.27. The monoisotopic (exact) mass is 403 g/mol. The lowest BCUT2D eigenvalue weighted by Crippen LogP contribution is -2.30. The highest BCUT2D eigenvalue weighted by atomic mass is 32.2. The van der Waals surface area contributed by atoms with Gasteiger partial charge in [0, 0.05) is 13.5 Å². The van der Waals surface area contributed by atoms with Crippen LogP contribution in [0.25, 0.3) is 11.4 Å². The third kappa shape index (κ3) is 2.69. The molecule has 1 saturated heterocycles. The van der Waals surface area contributed by atoms with Crippen molar-refractivity contribution in [2.24, 2.45) is 7.05 Å². The van der Waals surface area contributed by atoms with Crippen LogP contribution in [0.15, 0.2) is 12.1 Å². The van der Waals surface area contributed by atoms with E-state index in [9.17, 15) is 27.1 Å². The van der Waals surface area contributed by atoms with E-state index in [-0.39, 0.29) is 23.6 Å². The fourth-order valence-electron chi connectivity index (χ4n) is 2.92. The van der Waals surface area contributed by atoms with Gasteiger partial charge in [0.05, 0.1) is 11.5 Å². The first-order valence-corrected chi connectivity index (χ1v) is 9.09. The number of aryl methyl sites for hydroxylation is 1. The third-order valence-corrected chi connectivity index (χ3v) is 5.72. The molecule has 1 aromatic carbocycles. The van der Waals surface area contributed by atoms with Crippen LogP contribution in [0.5, 0.6) is 5.75 Å². The van der Waals surface area contributed by atoms with Crippen molar-refractivity contribution in [1.29, 1.82) is 0 Å². The summed E-state index contributed by atoms with van der Waals surface area (Å²) < 4.78 is 68.6. The first kappa shape index (κ1) is 17.6. The molecule has 13 heteroatoms. The molecule has 2 heterocycles. The molecule has 2 fully saturated rings. The molecular formula is C14H12F3N5O4S. The number of aromatic nitrogens is 3. The summed E-state index contributed by atoms with van der Waals surface area (Å²) in [6, 6.07) is 2.10. The quantitative estimate of drug-likeness (QED) is 0.776. The number of nitrogens with one attached hydrogen (secondary N) is 1. The molecule has 2 N–H and O–H groups in total. The molecule has 144 valence electrons. The van der Waals surface area contributed by atoms with E-state index in [0.717, 1.165) is 16.8 Å². The molecule has 1 atom stereocenters. The number of benzene rings is 1. The first-order valence-electron chi connectivity index (χ1n) is 7.65. The predicted octanol–water partition coefficient (Wildman–Crippen LogP) is 0.630. The maximum absolute atomic E-state index is 15.0. The zero-order valence-electron chi connectivity index (χ0n) is 13.6. The topological polar surface area (TPSA) is 117 Å². The number of halogens is 3. The average Bonchev–Trinajstić information content (AvgIpc) is 2.86. The number of phenolic OH excluding ortho intramolecular Hbond substituents is 1. The lowest BCUT2D eigenvalue weighted by atomic mass is 10.1. The van der Waals surface area contributed by atoms with Crippen LogP contribution in [0.2, 0.25) is 0 Å². The number of amides is 1. The highest BCUT2D eigenvalue weighted by Gasteiger charge is 2.60. The Morgan fingerprint density at radius 3 is 2.59 bits per heavy atom. The molecule has 1 unspecified atom stereocenters. The maximum atomic E-state index is 15.0. The molecule has 2 aromatic rings. The Kier molecular flexibility index (Phi) is 3.48. The number of aromatic hydroxyl groups is 1. The largest absolute Gasteiger partial charge is 0.506 e. The van der Waals surface area contributed by atoms with Gasteiger partial charge in [-0.1, -0.05) is 0 Å². The van der Waals surface area contributed by atoms with E-state index >= 15 is 4.39 Å². The van der Waals surface area contributed by atoms with Gasteiger partial charge in [-0.2, -0.15) is 13.5 Å². The Morgan fingerprint density at radius 1 is 1.37 bits per heavy atom. The lowest BCUT2D eigenvalue weighted by Gasteiger charge is -2.17. The maximum Gasteiger partial charge on any atom is 0.326 e. The van der Waals surface area contributed by atoms with Gasteiger partial charge in [0.25, 0.3) is 11.8 Å². The molecule has 1 aromatic heterocycles. The van der Waals surface area contributed by atoms with Crippen LogP contribution in [-0.4, -0.2) is 46.7 Å². The average molecular weight is 403 g/mol. The minimum atomic E-state index is -4.37. The van der Waals surface area contributed by atoms with Crippen LogP contribution in [0.3, 0.4) is 0 Å². The summed E-state index contributed by atoms with van der Waals surface area (Å²) >= 11 is 0. The molecular weight excluding hydrogens is 391 g/mol. The van der Waals surface area contributed by atoms with E-state index < -0.39 is 51.8 Å². The second kappa shape index (κ2) is 5.34. The van der Waals surface area contributed by atoms with Crippen molar-refractivity contribution >= 4 is 21.8 Å². The summed E-state index contributed by atoms with van der Waals surface area (Å²) in [6.07, 6.45) is -0.387. The first-order chi connectivity index (χ1) is 12.5. The van der Waals surface area contributed by atoms with Crippen LogP contribution in [0, 0.1) is 5.82 Å². The summed E-state index contributed by atoms with van der Waals surface area (Å²) in [5.41, 5.74) is -1.06. The normalized spacial score (nSPS) is 22.7. The van der Waals surface area contributed by atoms with Gasteiger partial charge in [0.2, 0.25) is 0 Å². The van der Waals surface area contributed by atoms with E-state index in [1.54, 1.807) is 4.72 Å². The van der Waals surface area contributed by atoms with E-state index in [1.807, 2.05) is 0 Å². The van der Waals surface area contributed by atoms with Crippen molar-refractivity contribution in [2.45, 2.75) is 18.3 Å². The molecule has 0 spiro atoms. The number of anilines is 1. The number of carbonyl (C=O) groups excluding carboxylic acids is 1. The zero-order valence-corrected chi connectivity index (χ0v) is 14.5. The molecule has 9 nitrogen and oxygen atoms in total. The van der Waals surface area contributed by atoms with Gasteiger partial charge in [-0.15, -0.1) is 0 Å². The summed E-state index contributed by atoms with van der Waals surface area (Å²) in [5.74, 6) is -7.11. The van der Waals surface area contributed by atoms with E-state index in [0.29, 0.717) is 4.31 Å². The summed E-state index contributed by atoms with van der Waals surface area (Å²) in [7, 11) is -2.98. The Hall–Kier alpha value is -2.83. The molecule has 1 aliphatic carbocycles. The van der Waals surface area contributed by atoms with Crippen molar-refractivity contribution in [2.75, 3.05) is 10.8 Å². The van der Waals surface area contributed by atoms with Crippen molar-refractivity contribution < 1.29 is 31.5 Å². The molecule has 27 heavy (non-hydrogen) atoms. The van der Waals surface area contributed by atoms with Gasteiger partial charge in [0.1, 0.15) is 23.8 Å². The van der Waals surface area contributed by atoms with Crippen LogP contribution in [-0.2, 0) is 22.1 Å². The minimum Gasteiger partial charge on any atom is -0.506 e. The lowest BCUT2D eigenvalue weighted by molar-refractivity contribution is -0.117. The molecule has 1 amide bonds. The van der Waals surface area contributed by atoms with Crippen LogP contribution < -0.4 is 9.03 Å². The number of hydrogen-bond acceptors (Lipinski definition) is 6. The number of nitrogens with zero attached hydrogens (tertiary/aromatic N) is 4. The Labute approximate surface area is 150 Å². The number of rotatable bonds is 3. The van der Waals surface area contributed by atoms with Gasteiger partial charge < -0.3 is 5.11 Å². The van der Waals surface area contributed by atoms with Crippen LogP contribution in [0.4, 0.5) is 18.9 Å². The van der Waals surface area contributed by atoms with Gasteiger partial charge in [-0.05, 0) is 12.1 Å². The van der Waals surface area contributed by atoms with E-state index in [4.69, 9.17) is 0 Å². The van der Waals surface area contributed by atoms with Crippen LogP contribution >= 0.6 is 0 Å². The number of hydrogen-bond donors (Lipinski definition) is 2. The van der Waals surface area contributed by atoms with Gasteiger partial charge >= 0.3 is 10.2 Å². The molecule has 0 radical (unpaired) electrons. The van der Waals surface area contributed by atoms with Crippen molar-refractivity contribution in [1.82, 2.24) is 19.5 Å². The Balaban J connectivity index is 1.80. The summed E-state index contributed by atoms with van der Waals surface area (Å²) in [4.78, 5) is 15.3. The Bertz CT molecular complexity index is 1080. The third-order valence-electron chi connectivity index (χ3n) is 4.34. The molecule has 4 rings (SSSR count). The standard InChI is InChI=1S/C14H12F3N5O4S/c1-21-13(7-4-14(7,16)17)18-12(19-21)6-2-3-8(23)11(10(6)15)22-5-9(24)20-27(22,25)26/h2-3,7,23H,4-5H2,1H3,(H,20,24). The van der Waals surface area contributed by atoms with Gasteiger partial charge in [-0.3, -0.25) is 9.48 Å². The fourth-order valence-corrected chi connectivity index (χ4v) is 4.08. The minimum absolute atomic E-state index is 0.0327. The molecule has 1 aliphatic heterocycles. The highest BCUT2D eigenvalue weighted by Crippen LogP contribution is 2.55. The smallest absolute Gasteiger partial charge is 0.326 e. The molecule has 1 saturated carbocycles. The van der Waals surface area contributed by atoms with Gasteiger partial charge in [0.15, 0.2) is 11.6 Å². The van der Waals surface area contributed by atoms with Gasteiger partial charge in [-0.25, -0.2) is 27.2 Å². The fraction of sp³-hybridized carbons (Fsp3) is 0.357. The van der Waals surface area contributed by atoms with Crippen molar-refractivity contribution in [3.05, 3.63) is 23.8 Å². The van der Waals surface area contributed by atoms with E-state index in [2.05, 4.69) is 10.1 Å². The number of phenols is 1. The zero-order chi connectivity index (χ0) is 19.7.